The summed E-state index contributed by atoms with van der Waals surface area (Å²) < 4.78 is 9.08. The minimum absolute atomic E-state index is 0.185. The van der Waals surface area contributed by atoms with Crippen LogP contribution in [0.25, 0.3) is 0 Å². The number of carbonyl (C=O) groups is 1. The summed E-state index contributed by atoms with van der Waals surface area (Å²) in [6, 6.07) is 0. The summed E-state index contributed by atoms with van der Waals surface area (Å²) in [5, 5.41) is 0. The number of hydrogen-bond acceptors (Lipinski definition) is 2. The predicted molar refractivity (Wildman–Crippen MR) is 85.4 cm³/mol. The summed E-state index contributed by atoms with van der Waals surface area (Å²) in [4.78, 5) is 11.6. The Morgan fingerprint density at radius 1 is 0.882 bits per heavy atom. The Balaban J connectivity index is 3.30. The SMILES string of the molecule is CC(C)C(=O)Oc1c(Br)c(Br)c(Br)c(Br)c1Br. The van der Waals surface area contributed by atoms with Crippen LogP contribution in [0.2, 0.25) is 0 Å². The van der Waals surface area contributed by atoms with E-state index in [1.54, 1.807) is 13.8 Å². The van der Waals surface area contributed by atoms with Crippen LogP contribution in [-0.2, 0) is 4.79 Å². The van der Waals surface area contributed by atoms with Gasteiger partial charge in [0.2, 0.25) is 0 Å². The van der Waals surface area contributed by atoms with Crippen molar-refractivity contribution in [3.63, 3.8) is 0 Å². The molecule has 0 saturated heterocycles. The summed E-state index contributed by atoms with van der Waals surface area (Å²) in [5.41, 5.74) is 0. The van der Waals surface area contributed by atoms with Crippen molar-refractivity contribution in [3.05, 3.63) is 22.4 Å². The molecule has 0 unspecified atom stereocenters. The van der Waals surface area contributed by atoms with Gasteiger partial charge >= 0.3 is 5.97 Å². The van der Waals surface area contributed by atoms with Gasteiger partial charge in [0, 0.05) is 4.47 Å². The Labute approximate surface area is 142 Å². The van der Waals surface area contributed by atoms with E-state index in [9.17, 15) is 4.79 Å². The maximum absolute atomic E-state index is 11.6. The smallest absolute Gasteiger partial charge is 0.313 e. The Bertz CT molecular complexity index is 441. The molecule has 0 bridgehead atoms. The molecule has 1 rings (SSSR count). The molecule has 0 atom stereocenters. The standard InChI is InChI=1S/C10H7Br5O2/c1-3(2)10(16)17-9-7(14)5(12)4(11)6(13)8(9)15/h3H,1-2H3. The first kappa shape index (κ1) is 16.1. The highest BCUT2D eigenvalue weighted by molar-refractivity contribution is 9.15. The summed E-state index contributed by atoms with van der Waals surface area (Å²) >= 11 is 17.0. The highest BCUT2D eigenvalue weighted by Crippen LogP contribution is 2.48. The van der Waals surface area contributed by atoms with E-state index in [2.05, 4.69) is 79.6 Å². The van der Waals surface area contributed by atoms with Gasteiger partial charge in [0.25, 0.3) is 0 Å². The molecule has 1 aromatic carbocycles. The highest BCUT2D eigenvalue weighted by Gasteiger charge is 2.21. The molecule has 0 N–H and O–H groups in total. The number of rotatable bonds is 2. The third kappa shape index (κ3) is 3.55. The molecule has 0 spiro atoms. The molecule has 0 saturated carbocycles. The zero-order valence-electron chi connectivity index (χ0n) is 8.78. The van der Waals surface area contributed by atoms with Crippen molar-refractivity contribution in [2.45, 2.75) is 13.8 Å². The van der Waals surface area contributed by atoms with Gasteiger partial charge in [0.1, 0.15) is 0 Å². The molecular weight excluding hydrogens is 552 g/mol. The van der Waals surface area contributed by atoms with Crippen molar-refractivity contribution in [1.82, 2.24) is 0 Å². The van der Waals surface area contributed by atoms with Gasteiger partial charge in [-0.3, -0.25) is 4.79 Å². The summed E-state index contributed by atoms with van der Waals surface area (Å²) in [6.45, 7) is 3.57. The molecule has 17 heavy (non-hydrogen) atoms. The number of halogens is 5. The van der Waals surface area contributed by atoms with Crippen LogP contribution < -0.4 is 4.74 Å². The number of hydrogen-bond donors (Lipinski definition) is 0. The lowest BCUT2D eigenvalue weighted by Crippen LogP contribution is -2.15. The van der Waals surface area contributed by atoms with Crippen LogP contribution in [0.1, 0.15) is 13.8 Å². The molecule has 0 heterocycles. The van der Waals surface area contributed by atoms with E-state index < -0.39 is 0 Å². The second kappa shape index (κ2) is 6.50. The second-order valence-electron chi connectivity index (χ2n) is 3.47. The van der Waals surface area contributed by atoms with Crippen LogP contribution >= 0.6 is 79.6 Å². The van der Waals surface area contributed by atoms with E-state index in [0.29, 0.717) is 14.7 Å². The average Bonchev–Trinajstić information content (AvgIpc) is 2.29. The van der Waals surface area contributed by atoms with Gasteiger partial charge in [0.05, 0.1) is 23.8 Å². The summed E-state index contributed by atoms with van der Waals surface area (Å²) in [7, 11) is 0. The minimum atomic E-state index is -0.285. The molecule has 0 fully saturated rings. The van der Waals surface area contributed by atoms with Crippen LogP contribution in [0.4, 0.5) is 0 Å². The maximum Gasteiger partial charge on any atom is 0.313 e. The van der Waals surface area contributed by atoms with Crippen LogP contribution in [0.3, 0.4) is 0 Å². The van der Waals surface area contributed by atoms with Crippen molar-refractivity contribution >= 4 is 85.6 Å². The van der Waals surface area contributed by atoms with E-state index in [-0.39, 0.29) is 11.9 Å². The molecule has 0 aliphatic carbocycles. The maximum atomic E-state index is 11.6. The fourth-order valence-corrected chi connectivity index (χ4v) is 4.06. The molecule has 0 aliphatic rings. The Hall–Kier alpha value is 1.09. The lowest BCUT2D eigenvalue weighted by molar-refractivity contribution is -0.137. The molecule has 0 radical (unpaired) electrons. The van der Waals surface area contributed by atoms with Gasteiger partial charge in [-0.25, -0.2) is 0 Å². The van der Waals surface area contributed by atoms with Gasteiger partial charge in [0.15, 0.2) is 5.75 Å². The van der Waals surface area contributed by atoms with Crippen LogP contribution in [0, 0.1) is 5.92 Å². The van der Waals surface area contributed by atoms with Crippen molar-refractivity contribution in [1.29, 1.82) is 0 Å². The molecule has 0 aliphatic heterocycles. The molecule has 1 aromatic rings. The fraction of sp³-hybridized carbons (Fsp3) is 0.300. The lowest BCUT2D eigenvalue weighted by atomic mass is 10.2. The third-order valence-electron chi connectivity index (χ3n) is 1.84. The predicted octanol–water partition coefficient (Wildman–Crippen LogP) is 6.06. The van der Waals surface area contributed by atoms with Crippen LogP contribution in [-0.4, -0.2) is 5.97 Å². The molecule has 0 aromatic heterocycles. The molecule has 2 nitrogen and oxygen atoms in total. The highest BCUT2D eigenvalue weighted by atomic mass is 79.9. The van der Waals surface area contributed by atoms with Gasteiger partial charge < -0.3 is 4.74 Å². The van der Waals surface area contributed by atoms with Gasteiger partial charge in [-0.15, -0.1) is 0 Å². The Morgan fingerprint density at radius 3 is 1.59 bits per heavy atom. The van der Waals surface area contributed by atoms with Crippen molar-refractivity contribution in [2.75, 3.05) is 0 Å². The van der Waals surface area contributed by atoms with E-state index in [0.717, 1.165) is 13.4 Å². The quantitative estimate of drug-likeness (QED) is 0.191. The van der Waals surface area contributed by atoms with E-state index in [1.807, 2.05) is 0 Å². The first-order valence-electron chi connectivity index (χ1n) is 4.50. The monoisotopic (exact) mass is 554 g/mol. The van der Waals surface area contributed by atoms with Crippen molar-refractivity contribution < 1.29 is 9.53 Å². The Kier molecular flexibility index (Phi) is 6.17. The number of ether oxygens (including phenoxy) is 1. The Morgan fingerprint density at radius 2 is 1.24 bits per heavy atom. The molecule has 7 heteroatoms. The molecule has 0 amide bonds. The topological polar surface area (TPSA) is 26.3 Å². The molecule has 94 valence electrons. The van der Waals surface area contributed by atoms with Crippen LogP contribution in [0.5, 0.6) is 5.75 Å². The number of benzene rings is 1. The summed E-state index contributed by atoms with van der Waals surface area (Å²) in [6.07, 6.45) is 0. The zero-order chi connectivity index (χ0) is 13.3. The largest absolute Gasteiger partial charge is 0.424 e. The zero-order valence-corrected chi connectivity index (χ0v) is 16.7. The number of esters is 1. The first-order valence-corrected chi connectivity index (χ1v) is 8.47. The molecular formula is C10H7Br5O2. The van der Waals surface area contributed by atoms with Gasteiger partial charge in [-0.2, -0.15) is 0 Å². The third-order valence-corrected chi connectivity index (χ3v) is 7.86. The fourth-order valence-electron chi connectivity index (χ4n) is 0.893. The van der Waals surface area contributed by atoms with Gasteiger partial charge in [-0.1, -0.05) is 13.8 Å². The van der Waals surface area contributed by atoms with E-state index >= 15 is 0 Å². The van der Waals surface area contributed by atoms with Crippen LogP contribution in [0.15, 0.2) is 22.4 Å². The number of carbonyl (C=O) groups excluding carboxylic acids is 1. The summed E-state index contributed by atoms with van der Waals surface area (Å²) in [5.74, 6) is -0.0202. The average molecular weight is 559 g/mol. The first-order chi connectivity index (χ1) is 7.77. The van der Waals surface area contributed by atoms with E-state index in [1.165, 1.54) is 0 Å². The normalized spacial score (nSPS) is 10.8. The minimum Gasteiger partial charge on any atom is -0.424 e. The van der Waals surface area contributed by atoms with Crippen molar-refractivity contribution in [3.8, 4) is 5.75 Å². The lowest BCUT2D eigenvalue weighted by Gasteiger charge is -2.14. The van der Waals surface area contributed by atoms with Crippen molar-refractivity contribution in [2.24, 2.45) is 5.92 Å². The van der Waals surface area contributed by atoms with Gasteiger partial charge in [-0.05, 0) is 79.6 Å². The van der Waals surface area contributed by atoms with E-state index in [4.69, 9.17) is 4.74 Å². The second-order valence-corrected chi connectivity index (χ2v) is 7.44.